The van der Waals surface area contributed by atoms with E-state index in [1.807, 2.05) is 6.92 Å². The zero-order chi connectivity index (χ0) is 17.9. The van der Waals surface area contributed by atoms with Crippen LogP contribution in [-0.2, 0) is 11.0 Å². The second-order valence-electron chi connectivity index (χ2n) is 5.19. The van der Waals surface area contributed by atoms with Crippen LogP contribution in [0, 0.1) is 13.8 Å². The molecule has 2 rings (SSSR count). The van der Waals surface area contributed by atoms with Gasteiger partial charge in [-0.15, -0.1) is 0 Å². The summed E-state index contributed by atoms with van der Waals surface area (Å²) in [6.45, 7) is 5.16. The molecule has 1 aromatic carbocycles. The lowest BCUT2D eigenvalue weighted by molar-refractivity contribution is -0.137. The van der Waals surface area contributed by atoms with Crippen molar-refractivity contribution in [1.29, 1.82) is 0 Å². The fourth-order valence-electron chi connectivity index (χ4n) is 2.05. The molecule has 0 spiro atoms. The van der Waals surface area contributed by atoms with Crippen molar-refractivity contribution in [2.45, 2.75) is 37.2 Å². The Balaban J connectivity index is 2.12. The summed E-state index contributed by atoms with van der Waals surface area (Å²) in [6.07, 6.45) is -4.53. The topological polar surface area (TPSA) is 54.9 Å². The predicted molar refractivity (Wildman–Crippen MR) is 86.9 cm³/mol. The van der Waals surface area contributed by atoms with Gasteiger partial charge in [0.1, 0.15) is 10.9 Å². The first-order chi connectivity index (χ1) is 11.2. The highest BCUT2D eigenvalue weighted by atomic mass is 32.2. The van der Waals surface area contributed by atoms with Gasteiger partial charge in [-0.05, 0) is 39.0 Å². The van der Waals surface area contributed by atoms with E-state index >= 15 is 0 Å². The van der Waals surface area contributed by atoms with Gasteiger partial charge < -0.3 is 5.32 Å². The average Bonchev–Trinajstić information content (AvgIpc) is 2.45. The number of para-hydroxylation sites is 1. The molecular weight excluding hydrogens is 339 g/mol. The number of carbonyl (C=O) groups is 1. The number of rotatable bonds is 4. The normalized spacial score (nSPS) is 12.8. The standard InChI is InChI=1S/C16H16F3N3OS/c1-9-8-14(21-11(3)20-9)24-10(2)15(23)22-13-7-5-4-6-12(13)16(17,18)19/h4-8,10H,1-3H3,(H,22,23)/t10-/m1/s1. The molecule has 1 amide bonds. The lowest BCUT2D eigenvalue weighted by Crippen LogP contribution is -2.24. The van der Waals surface area contributed by atoms with Crippen LogP contribution in [0.25, 0.3) is 0 Å². The maximum absolute atomic E-state index is 13.0. The van der Waals surface area contributed by atoms with Crippen molar-refractivity contribution < 1.29 is 18.0 Å². The summed E-state index contributed by atoms with van der Waals surface area (Å²) >= 11 is 1.17. The maximum atomic E-state index is 13.0. The van der Waals surface area contributed by atoms with E-state index in [0.29, 0.717) is 10.9 Å². The van der Waals surface area contributed by atoms with Crippen LogP contribution in [0.5, 0.6) is 0 Å². The van der Waals surface area contributed by atoms with Crippen LogP contribution in [-0.4, -0.2) is 21.1 Å². The third kappa shape index (κ3) is 4.70. The molecule has 1 N–H and O–H groups in total. The van der Waals surface area contributed by atoms with Crippen molar-refractivity contribution in [2.24, 2.45) is 0 Å². The van der Waals surface area contributed by atoms with Crippen LogP contribution in [0.15, 0.2) is 35.4 Å². The van der Waals surface area contributed by atoms with Crippen LogP contribution >= 0.6 is 11.8 Å². The molecular formula is C16H16F3N3OS. The van der Waals surface area contributed by atoms with Gasteiger partial charge in [-0.3, -0.25) is 4.79 Å². The van der Waals surface area contributed by atoms with E-state index in [9.17, 15) is 18.0 Å². The van der Waals surface area contributed by atoms with Gasteiger partial charge in [0, 0.05) is 5.69 Å². The predicted octanol–water partition coefficient (Wildman–Crippen LogP) is 4.23. The molecule has 8 heteroatoms. The van der Waals surface area contributed by atoms with Crippen LogP contribution in [0.2, 0.25) is 0 Å². The minimum Gasteiger partial charge on any atom is -0.325 e. The number of nitrogens with zero attached hydrogens (tertiary/aromatic N) is 2. The zero-order valence-electron chi connectivity index (χ0n) is 13.3. The largest absolute Gasteiger partial charge is 0.418 e. The third-order valence-electron chi connectivity index (χ3n) is 3.10. The number of thioether (sulfide) groups is 1. The Morgan fingerprint density at radius 1 is 1.21 bits per heavy atom. The molecule has 4 nitrogen and oxygen atoms in total. The first-order valence-corrected chi connectivity index (χ1v) is 8.01. The van der Waals surface area contributed by atoms with Crippen molar-refractivity contribution in [3.8, 4) is 0 Å². The van der Waals surface area contributed by atoms with Gasteiger partial charge in [-0.2, -0.15) is 13.2 Å². The summed E-state index contributed by atoms with van der Waals surface area (Å²) in [4.78, 5) is 20.6. The molecule has 24 heavy (non-hydrogen) atoms. The number of carbonyl (C=O) groups excluding carboxylic acids is 1. The van der Waals surface area contributed by atoms with E-state index < -0.39 is 22.9 Å². The van der Waals surface area contributed by atoms with E-state index in [2.05, 4.69) is 15.3 Å². The SMILES string of the molecule is Cc1cc(S[C@H](C)C(=O)Nc2ccccc2C(F)(F)F)nc(C)n1. The van der Waals surface area contributed by atoms with E-state index in [1.54, 1.807) is 19.9 Å². The summed E-state index contributed by atoms with van der Waals surface area (Å²) in [7, 11) is 0. The van der Waals surface area contributed by atoms with Gasteiger partial charge in [0.25, 0.3) is 0 Å². The molecule has 0 aliphatic heterocycles. The Bertz CT molecular complexity index is 729. The number of halogens is 3. The smallest absolute Gasteiger partial charge is 0.325 e. The summed E-state index contributed by atoms with van der Waals surface area (Å²) in [5, 5.41) is 2.34. The van der Waals surface area contributed by atoms with Gasteiger partial charge in [0.15, 0.2) is 0 Å². The highest BCUT2D eigenvalue weighted by molar-refractivity contribution is 8.00. The van der Waals surface area contributed by atoms with E-state index in [1.165, 1.54) is 30.0 Å². The molecule has 0 aliphatic rings. The number of nitrogens with one attached hydrogen (secondary N) is 1. The molecule has 128 valence electrons. The minimum absolute atomic E-state index is 0.252. The van der Waals surface area contributed by atoms with Crippen LogP contribution in [0.1, 0.15) is 24.0 Å². The number of aromatic nitrogens is 2. The summed E-state index contributed by atoms with van der Waals surface area (Å²) in [6, 6.07) is 6.62. The monoisotopic (exact) mass is 355 g/mol. The fourth-order valence-corrected chi connectivity index (χ4v) is 3.00. The Kier molecular flexibility index (Phi) is 5.48. The molecule has 0 saturated carbocycles. The number of benzene rings is 1. The zero-order valence-corrected chi connectivity index (χ0v) is 14.1. The molecule has 2 aromatic rings. The summed E-state index contributed by atoms with van der Waals surface area (Å²) < 4.78 is 38.9. The van der Waals surface area contributed by atoms with E-state index in [0.717, 1.165) is 11.8 Å². The minimum atomic E-state index is -4.53. The number of aryl methyl sites for hydroxylation is 2. The molecule has 0 bridgehead atoms. The van der Waals surface area contributed by atoms with Gasteiger partial charge >= 0.3 is 6.18 Å². The summed E-state index contributed by atoms with van der Waals surface area (Å²) in [5.41, 5.74) is -0.359. The highest BCUT2D eigenvalue weighted by Crippen LogP contribution is 2.35. The van der Waals surface area contributed by atoms with Crippen LogP contribution in [0.4, 0.5) is 18.9 Å². The first-order valence-electron chi connectivity index (χ1n) is 7.13. The molecule has 1 aromatic heterocycles. The number of amides is 1. The maximum Gasteiger partial charge on any atom is 0.418 e. The van der Waals surface area contributed by atoms with E-state index in [4.69, 9.17) is 0 Å². The van der Waals surface area contributed by atoms with Gasteiger partial charge in [0.05, 0.1) is 16.5 Å². The molecule has 1 heterocycles. The second kappa shape index (κ2) is 7.21. The summed E-state index contributed by atoms with van der Waals surface area (Å²) in [5.74, 6) is 0.0538. The quantitative estimate of drug-likeness (QED) is 0.659. The van der Waals surface area contributed by atoms with Gasteiger partial charge in [0.2, 0.25) is 5.91 Å². The number of hydrogen-bond acceptors (Lipinski definition) is 4. The molecule has 0 unspecified atom stereocenters. The van der Waals surface area contributed by atoms with Gasteiger partial charge in [-0.25, -0.2) is 9.97 Å². The Morgan fingerprint density at radius 3 is 2.50 bits per heavy atom. The van der Waals surface area contributed by atoms with Crippen LogP contribution in [0.3, 0.4) is 0 Å². The number of anilines is 1. The van der Waals surface area contributed by atoms with E-state index in [-0.39, 0.29) is 5.69 Å². The third-order valence-corrected chi connectivity index (χ3v) is 4.12. The molecule has 0 radical (unpaired) electrons. The Labute approximate surface area is 141 Å². The second-order valence-corrected chi connectivity index (χ2v) is 6.55. The Morgan fingerprint density at radius 2 is 1.88 bits per heavy atom. The molecule has 0 aliphatic carbocycles. The number of hydrogen-bond donors (Lipinski definition) is 1. The lowest BCUT2D eigenvalue weighted by Gasteiger charge is -2.16. The van der Waals surface area contributed by atoms with Crippen molar-refractivity contribution in [1.82, 2.24) is 9.97 Å². The van der Waals surface area contributed by atoms with Crippen molar-refractivity contribution in [3.63, 3.8) is 0 Å². The van der Waals surface area contributed by atoms with Crippen molar-refractivity contribution >= 4 is 23.4 Å². The number of alkyl halides is 3. The van der Waals surface area contributed by atoms with Crippen molar-refractivity contribution in [2.75, 3.05) is 5.32 Å². The average molecular weight is 355 g/mol. The fraction of sp³-hybridized carbons (Fsp3) is 0.312. The molecule has 0 saturated heterocycles. The molecule has 1 atom stereocenters. The van der Waals surface area contributed by atoms with Crippen LogP contribution < -0.4 is 5.32 Å². The lowest BCUT2D eigenvalue weighted by atomic mass is 10.1. The van der Waals surface area contributed by atoms with Gasteiger partial charge in [-0.1, -0.05) is 23.9 Å². The molecule has 0 fully saturated rings. The first kappa shape index (κ1) is 18.3. The highest BCUT2D eigenvalue weighted by Gasteiger charge is 2.33. The van der Waals surface area contributed by atoms with Crippen molar-refractivity contribution in [3.05, 3.63) is 47.4 Å². The Hall–Kier alpha value is -2.09.